The summed E-state index contributed by atoms with van der Waals surface area (Å²) in [5.74, 6) is 1.21. The standard InChI is InChI=1S/C16H16BrN/c17-15-9-5-4-8-12(15)16(18)14-10-13(14)11-6-2-1-3-7-11/h1-9,13-14,16H,10,18H2/t13-,14-,16?/m1/s1. The van der Waals surface area contributed by atoms with Crippen LogP contribution in [0.4, 0.5) is 0 Å². The summed E-state index contributed by atoms with van der Waals surface area (Å²) in [6.45, 7) is 0. The predicted octanol–water partition coefficient (Wildman–Crippen LogP) is 4.25. The Balaban J connectivity index is 1.77. The molecule has 0 spiro atoms. The lowest BCUT2D eigenvalue weighted by atomic mass is 10.00. The normalized spacial score (nSPS) is 23.7. The first kappa shape index (κ1) is 11.9. The molecular weight excluding hydrogens is 286 g/mol. The summed E-state index contributed by atoms with van der Waals surface area (Å²) >= 11 is 3.59. The van der Waals surface area contributed by atoms with Gasteiger partial charge in [-0.1, -0.05) is 64.5 Å². The van der Waals surface area contributed by atoms with Crippen molar-refractivity contribution in [2.75, 3.05) is 0 Å². The van der Waals surface area contributed by atoms with Gasteiger partial charge in [0.15, 0.2) is 0 Å². The Bertz CT molecular complexity index is 538. The van der Waals surface area contributed by atoms with Gasteiger partial charge in [0.05, 0.1) is 0 Å². The molecule has 2 aromatic carbocycles. The molecule has 3 rings (SSSR count). The first-order valence-electron chi connectivity index (χ1n) is 6.32. The van der Waals surface area contributed by atoms with Crippen molar-refractivity contribution in [3.05, 3.63) is 70.2 Å². The summed E-state index contributed by atoms with van der Waals surface area (Å²) in [5.41, 5.74) is 9.04. The molecule has 0 radical (unpaired) electrons. The number of benzene rings is 2. The van der Waals surface area contributed by atoms with Crippen molar-refractivity contribution >= 4 is 15.9 Å². The highest BCUT2D eigenvalue weighted by atomic mass is 79.9. The molecular formula is C16H16BrN. The van der Waals surface area contributed by atoms with Crippen molar-refractivity contribution in [1.82, 2.24) is 0 Å². The molecule has 1 aliphatic carbocycles. The monoisotopic (exact) mass is 301 g/mol. The van der Waals surface area contributed by atoms with Crippen LogP contribution in [0.15, 0.2) is 59.1 Å². The average Bonchev–Trinajstić information content (AvgIpc) is 3.20. The van der Waals surface area contributed by atoms with Crippen LogP contribution < -0.4 is 5.73 Å². The molecule has 0 aromatic heterocycles. The number of rotatable bonds is 3. The van der Waals surface area contributed by atoms with E-state index in [9.17, 15) is 0 Å². The molecule has 1 saturated carbocycles. The molecule has 2 heteroatoms. The van der Waals surface area contributed by atoms with E-state index in [0.717, 1.165) is 4.47 Å². The zero-order chi connectivity index (χ0) is 12.5. The Kier molecular flexibility index (Phi) is 3.23. The SMILES string of the molecule is NC(c1ccccc1Br)[C@@H]1C[C@@H]1c1ccccc1. The number of hydrogen-bond donors (Lipinski definition) is 1. The zero-order valence-electron chi connectivity index (χ0n) is 10.1. The first-order chi connectivity index (χ1) is 8.77. The summed E-state index contributed by atoms with van der Waals surface area (Å²) in [7, 11) is 0. The number of halogens is 1. The third-order valence-electron chi connectivity index (χ3n) is 3.79. The second-order valence-electron chi connectivity index (χ2n) is 4.96. The number of nitrogens with two attached hydrogens (primary N) is 1. The van der Waals surface area contributed by atoms with Gasteiger partial charge in [-0.15, -0.1) is 0 Å². The van der Waals surface area contributed by atoms with E-state index in [0.29, 0.717) is 11.8 Å². The van der Waals surface area contributed by atoms with Gasteiger partial charge < -0.3 is 5.73 Å². The second kappa shape index (κ2) is 4.87. The largest absolute Gasteiger partial charge is 0.324 e. The van der Waals surface area contributed by atoms with Gasteiger partial charge in [-0.25, -0.2) is 0 Å². The van der Waals surface area contributed by atoms with Crippen molar-refractivity contribution in [2.45, 2.75) is 18.4 Å². The molecule has 0 amide bonds. The van der Waals surface area contributed by atoms with Gasteiger partial charge >= 0.3 is 0 Å². The van der Waals surface area contributed by atoms with Crippen molar-refractivity contribution < 1.29 is 0 Å². The molecule has 0 aliphatic heterocycles. The molecule has 1 aliphatic rings. The van der Waals surface area contributed by atoms with Crippen LogP contribution >= 0.6 is 15.9 Å². The van der Waals surface area contributed by atoms with Crippen LogP contribution in [-0.4, -0.2) is 0 Å². The molecule has 3 atom stereocenters. The maximum atomic E-state index is 6.40. The molecule has 1 unspecified atom stereocenters. The quantitative estimate of drug-likeness (QED) is 0.901. The van der Waals surface area contributed by atoms with E-state index in [1.165, 1.54) is 17.5 Å². The lowest BCUT2D eigenvalue weighted by Crippen LogP contribution is -2.14. The van der Waals surface area contributed by atoms with Crippen molar-refractivity contribution in [1.29, 1.82) is 0 Å². The van der Waals surface area contributed by atoms with Crippen molar-refractivity contribution in [2.24, 2.45) is 11.7 Å². The molecule has 18 heavy (non-hydrogen) atoms. The van der Waals surface area contributed by atoms with Gasteiger partial charge in [0.1, 0.15) is 0 Å². The van der Waals surface area contributed by atoms with Crippen molar-refractivity contribution in [3.8, 4) is 0 Å². The van der Waals surface area contributed by atoms with Crippen LogP contribution in [0, 0.1) is 5.92 Å². The topological polar surface area (TPSA) is 26.0 Å². The summed E-state index contributed by atoms with van der Waals surface area (Å²) in [4.78, 5) is 0. The van der Waals surface area contributed by atoms with Gasteiger partial charge in [0.2, 0.25) is 0 Å². The lowest BCUT2D eigenvalue weighted by molar-refractivity contribution is 0.613. The maximum absolute atomic E-state index is 6.40. The lowest BCUT2D eigenvalue weighted by Gasteiger charge is -2.13. The fourth-order valence-electron chi connectivity index (χ4n) is 2.67. The fraction of sp³-hybridized carbons (Fsp3) is 0.250. The first-order valence-corrected chi connectivity index (χ1v) is 7.11. The highest BCUT2D eigenvalue weighted by Gasteiger charge is 2.43. The summed E-state index contributed by atoms with van der Waals surface area (Å²) in [6, 6.07) is 19.1. The van der Waals surface area contributed by atoms with Crippen LogP contribution in [0.25, 0.3) is 0 Å². The van der Waals surface area contributed by atoms with E-state index in [1.807, 2.05) is 6.07 Å². The Morgan fingerprint density at radius 1 is 1.00 bits per heavy atom. The molecule has 92 valence electrons. The summed E-state index contributed by atoms with van der Waals surface area (Å²) in [5, 5.41) is 0. The van der Waals surface area contributed by atoms with Crippen LogP contribution in [0.3, 0.4) is 0 Å². The van der Waals surface area contributed by atoms with Gasteiger partial charge in [0.25, 0.3) is 0 Å². The van der Waals surface area contributed by atoms with E-state index in [2.05, 4.69) is 64.5 Å². The molecule has 0 heterocycles. The second-order valence-corrected chi connectivity index (χ2v) is 5.82. The molecule has 1 fully saturated rings. The van der Waals surface area contributed by atoms with Gasteiger partial charge in [0, 0.05) is 10.5 Å². The van der Waals surface area contributed by atoms with Gasteiger partial charge in [-0.3, -0.25) is 0 Å². The van der Waals surface area contributed by atoms with E-state index in [1.54, 1.807) is 0 Å². The van der Waals surface area contributed by atoms with Crippen LogP contribution in [-0.2, 0) is 0 Å². The fourth-order valence-corrected chi connectivity index (χ4v) is 3.22. The van der Waals surface area contributed by atoms with E-state index in [4.69, 9.17) is 5.73 Å². The predicted molar refractivity (Wildman–Crippen MR) is 78.4 cm³/mol. The van der Waals surface area contributed by atoms with Crippen LogP contribution in [0.2, 0.25) is 0 Å². The summed E-state index contributed by atoms with van der Waals surface area (Å²) in [6.07, 6.45) is 1.20. The van der Waals surface area contributed by atoms with Crippen molar-refractivity contribution in [3.63, 3.8) is 0 Å². The molecule has 2 aromatic rings. The highest BCUT2D eigenvalue weighted by Crippen LogP contribution is 2.53. The zero-order valence-corrected chi connectivity index (χ0v) is 11.7. The van der Waals surface area contributed by atoms with Crippen LogP contribution in [0.1, 0.15) is 29.5 Å². The third-order valence-corrected chi connectivity index (χ3v) is 4.52. The molecule has 0 saturated heterocycles. The smallest absolute Gasteiger partial charge is 0.0340 e. The Morgan fingerprint density at radius 2 is 1.67 bits per heavy atom. The van der Waals surface area contributed by atoms with Crippen LogP contribution in [0.5, 0.6) is 0 Å². The number of hydrogen-bond acceptors (Lipinski definition) is 1. The molecule has 1 nitrogen and oxygen atoms in total. The minimum atomic E-state index is 0.130. The summed E-state index contributed by atoms with van der Waals surface area (Å²) < 4.78 is 1.12. The van der Waals surface area contributed by atoms with E-state index in [-0.39, 0.29) is 6.04 Å². The van der Waals surface area contributed by atoms with E-state index < -0.39 is 0 Å². The minimum Gasteiger partial charge on any atom is -0.324 e. The highest BCUT2D eigenvalue weighted by molar-refractivity contribution is 9.10. The van der Waals surface area contributed by atoms with Gasteiger partial charge in [-0.05, 0) is 35.4 Å². The third kappa shape index (κ3) is 2.23. The minimum absolute atomic E-state index is 0.130. The average molecular weight is 302 g/mol. The molecule has 0 bridgehead atoms. The Morgan fingerprint density at radius 3 is 2.39 bits per heavy atom. The van der Waals surface area contributed by atoms with E-state index >= 15 is 0 Å². The Labute approximate surface area is 116 Å². The maximum Gasteiger partial charge on any atom is 0.0340 e. The molecule has 2 N–H and O–H groups in total. The van der Waals surface area contributed by atoms with Gasteiger partial charge in [-0.2, -0.15) is 0 Å². The Hall–Kier alpha value is -1.12.